The third-order valence-corrected chi connectivity index (χ3v) is 7.78. The lowest BCUT2D eigenvalue weighted by Crippen LogP contribution is -2.40. The molecule has 0 amide bonds. The number of rotatable bonds is 4. The average molecular weight is 423 g/mol. The van der Waals surface area contributed by atoms with Gasteiger partial charge in [0.25, 0.3) is 0 Å². The lowest BCUT2D eigenvalue weighted by molar-refractivity contribution is 0.0730. The minimum atomic E-state index is -3.55. The van der Waals surface area contributed by atoms with E-state index in [0.29, 0.717) is 37.1 Å². The highest BCUT2D eigenvalue weighted by molar-refractivity contribution is 7.89. The quantitative estimate of drug-likeness (QED) is 0.602. The van der Waals surface area contributed by atoms with Crippen molar-refractivity contribution in [3.63, 3.8) is 0 Å². The van der Waals surface area contributed by atoms with E-state index >= 15 is 0 Å². The van der Waals surface area contributed by atoms with Gasteiger partial charge in [-0.2, -0.15) is 9.40 Å². The summed E-state index contributed by atoms with van der Waals surface area (Å²) in [5, 5.41) is 7.36. The fraction of sp³-hybridized carbons (Fsp3) is 0.579. The van der Waals surface area contributed by atoms with Gasteiger partial charge in [-0.05, 0) is 37.2 Å². The number of hydrogen-bond donors (Lipinski definition) is 1. The lowest BCUT2D eigenvalue weighted by atomic mass is 10.1. The van der Waals surface area contributed by atoms with Gasteiger partial charge in [-0.1, -0.05) is 37.8 Å². The molecule has 0 atom stereocenters. The average Bonchev–Trinajstić information content (AvgIpc) is 2.92. The summed E-state index contributed by atoms with van der Waals surface area (Å²) in [5.41, 5.74) is 0.769. The van der Waals surface area contributed by atoms with Crippen LogP contribution in [0.2, 0.25) is 0 Å². The van der Waals surface area contributed by atoms with E-state index in [4.69, 9.17) is 17.0 Å². The molecule has 2 fully saturated rings. The van der Waals surface area contributed by atoms with E-state index in [1.54, 1.807) is 18.2 Å². The van der Waals surface area contributed by atoms with Crippen LogP contribution in [0.15, 0.2) is 29.2 Å². The van der Waals surface area contributed by atoms with E-state index < -0.39 is 10.0 Å². The number of morpholine rings is 1. The van der Waals surface area contributed by atoms with E-state index in [9.17, 15) is 8.42 Å². The van der Waals surface area contributed by atoms with Crippen LogP contribution in [-0.2, 0) is 14.8 Å². The molecule has 1 aromatic heterocycles. The molecule has 9 heteroatoms. The normalized spacial score (nSPS) is 20.1. The lowest BCUT2D eigenvalue weighted by Gasteiger charge is -2.26. The Balaban J connectivity index is 1.70. The summed E-state index contributed by atoms with van der Waals surface area (Å²) < 4.78 is 35.5. The second kappa shape index (κ2) is 8.44. The summed E-state index contributed by atoms with van der Waals surface area (Å²) in [5.74, 6) is 0.718. The molecule has 1 aromatic carbocycles. The Kier molecular flexibility index (Phi) is 5.96. The number of nitrogens with zero attached hydrogens (tertiary/aromatic N) is 3. The number of ether oxygens (including phenoxy) is 1. The van der Waals surface area contributed by atoms with E-state index in [0.717, 1.165) is 24.2 Å². The first-order valence-electron chi connectivity index (χ1n) is 9.92. The van der Waals surface area contributed by atoms with Crippen LogP contribution in [0.1, 0.15) is 44.6 Å². The van der Waals surface area contributed by atoms with Crippen LogP contribution >= 0.6 is 12.2 Å². The van der Waals surface area contributed by atoms with Crippen LogP contribution in [0.4, 0.5) is 0 Å². The van der Waals surface area contributed by atoms with Gasteiger partial charge < -0.3 is 4.74 Å². The molecular formula is C19H26N4O3S2. The van der Waals surface area contributed by atoms with Crippen molar-refractivity contribution in [3.05, 3.63) is 29.0 Å². The molecule has 4 rings (SSSR count). The first-order valence-corrected chi connectivity index (χ1v) is 11.8. The highest BCUT2D eigenvalue weighted by Crippen LogP contribution is 2.32. The van der Waals surface area contributed by atoms with E-state index in [1.807, 2.05) is 6.07 Å². The molecule has 152 valence electrons. The molecule has 7 nitrogen and oxygen atoms in total. The fourth-order valence-electron chi connectivity index (χ4n) is 4.09. The molecule has 0 unspecified atom stereocenters. The summed E-state index contributed by atoms with van der Waals surface area (Å²) in [7, 11) is -3.55. The maximum absolute atomic E-state index is 13.0. The van der Waals surface area contributed by atoms with Gasteiger partial charge in [0.05, 0.1) is 18.1 Å². The number of aromatic amines is 1. The van der Waals surface area contributed by atoms with Gasteiger partial charge in [0.1, 0.15) is 0 Å². The van der Waals surface area contributed by atoms with Crippen molar-refractivity contribution in [1.29, 1.82) is 0 Å². The Bertz CT molecular complexity index is 969. The van der Waals surface area contributed by atoms with Crippen LogP contribution in [0, 0.1) is 4.77 Å². The molecule has 1 aliphatic heterocycles. The van der Waals surface area contributed by atoms with Crippen LogP contribution in [0.5, 0.6) is 0 Å². The molecule has 1 saturated heterocycles. The van der Waals surface area contributed by atoms with Crippen molar-refractivity contribution in [2.75, 3.05) is 26.3 Å². The van der Waals surface area contributed by atoms with Crippen molar-refractivity contribution in [3.8, 4) is 11.4 Å². The van der Waals surface area contributed by atoms with Gasteiger partial charge in [0.2, 0.25) is 10.0 Å². The molecule has 2 aliphatic rings. The molecule has 2 aromatic rings. The van der Waals surface area contributed by atoms with Crippen molar-refractivity contribution in [2.24, 2.45) is 0 Å². The summed E-state index contributed by atoms with van der Waals surface area (Å²) in [6, 6.07) is 7.34. The van der Waals surface area contributed by atoms with E-state index in [1.165, 1.54) is 30.0 Å². The van der Waals surface area contributed by atoms with E-state index in [-0.39, 0.29) is 4.90 Å². The van der Waals surface area contributed by atoms with Crippen LogP contribution in [0.3, 0.4) is 0 Å². The largest absolute Gasteiger partial charge is 0.379 e. The summed E-state index contributed by atoms with van der Waals surface area (Å²) in [4.78, 5) is 0.285. The number of hydrogen-bond acceptors (Lipinski definition) is 5. The first kappa shape index (κ1) is 19.8. The molecule has 28 heavy (non-hydrogen) atoms. The topological polar surface area (TPSA) is 80.2 Å². The van der Waals surface area contributed by atoms with Crippen LogP contribution < -0.4 is 0 Å². The Hall–Kier alpha value is -1.55. The fourth-order valence-corrected chi connectivity index (χ4v) is 5.83. The Morgan fingerprint density at radius 2 is 1.82 bits per heavy atom. The zero-order valence-electron chi connectivity index (χ0n) is 15.8. The highest BCUT2D eigenvalue weighted by Gasteiger charge is 2.27. The summed E-state index contributed by atoms with van der Waals surface area (Å²) >= 11 is 5.51. The van der Waals surface area contributed by atoms with Gasteiger partial charge in [0, 0.05) is 24.7 Å². The van der Waals surface area contributed by atoms with Crippen molar-refractivity contribution in [2.45, 2.75) is 49.5 Å². The molecule has 2 heterocycles. The van der Waals surface area contributed by atoms with Crippen LogP contribution in [-0.4, -0.2) is 53.8 Å². The standard InChI is InChI=1S/C19H26N4O3S2/c24-28(25,22-10-12-26-13-11-22)17-9-5-6-15(14-17)18-20-21-19(27)23(18)16-7-3-1-2-4-8-16/h5-6,9,14,16H,1-4,7-8,10-13H2,(H,21,27). The molecule has 1 saturated carbocycles. The monoisotopic (exact) mass is 422 g/mol. The zero-order valence-corrected chi connectivity index (χ0v) is 17.5. The third kappa shape index (κ3) is 3.94. The van der Waals surface area contributed by atoms with Gasteiger partial charge >= 0.3 is 0 Å². The minimum Gasteiger partial charge on any atom is -0.379 e. The van der Waals surface area contributed by atoms with Crippen molar-refractivity contribution in [1.82, 2.24) is 19.1 Å². The smallest absolute Gasteiger partial charge is 0.243 e. The predicted octanol–water partition coefficient (Wildman–Crippen LogP) is 3.52. The van der Waals surface area contributed by atoms with Crippen LogP contribution in [0.25, 0.3) is 11.4 Å². The number of benzene rings is 1. The Morgan fingerprint density at radius 3 is 2.54 bits per heavy atom. The number of sulfonamides is 1. The van der Waals surface area contributed by atoms with E-state index in [2.05, 4.69) is 14.8 Å². The van der Waals surface area contributed by atoms with Gasteiger partial charge in [-0.3, -0.25) is 9.67 Å². The minimum absolute atomic E-state index is 0.285. The number of H-pyrrole nitrogens is 1. The number of nitrogens with one attached hydrogen (secondary N) is 1. The Labute approximate surface area is 170 Å². The molecular weight excluding hydrogens is 396 g/mol. The third-order valence-electron chi connectivity index (χ3n) is 5.59. The SMILES string of the molecule is O=S(=O)(c1cccc(-c2n[nH]c(=S)n2C2CCCCCC2)c1)N1CCOCC1. The first-order chi connectivity index (χ1) is 13.6. The van der Waals surface area contributed by atoms with Gasteiger partial charge in [-0.25, -0.2) is 8.42 Å². The molecule has 0 bridgehead atoms. The maximum Gasteiger partial charge on any atom is 0.243 e. The molecule has 1 aliphatic carbocycles. The predicted molar refractivity (Wildman–Crippen MR) is 109 cm³/mol. The summed E-state index contributed by atoms with van der Waals surface area (Å²) in [6.45, 7) is 1.62. The Morgan fingerprint density at radius 1 is 1.11 bits per heavy atom. The highest BCUT2D eigenvalue weighted by atomic mass is 32.2. The maximum atomic E-state index is 13.0. The van der Waals surface area contributed by atoms with Crippen molar-refractivity contribution < 1.29 is 13.2 Å². The molecule has 0 spiro atoms. The van der Waals surface area contributed by atoms with Gasteiger partial charge in [0.15, 0.2) is 10.6 Å². The molecule has 1 N–H and O–H groups in total. The zero-order chi connectivity index (χ0) is 19.6. The number of aromatic nitrogens is 3. The second-order valence-electron chi connectivity index (χ2n) is 7.41. The van der Waals surface area contributed by atoms with Crippen molar-refractivity contribution >= 4 is 22.2 Å². The second-order valence-corrected chi connectivity index (χ2v) is 9.74. The van der Waals surface area contributed by atoms with Gasteiger partial charge in [-0.15, -0.1) is 0 Å². The summed E-state index contributed by atoms with van der Waals surface area (Å²) in [6.07, 6.45) is 7.03. The molecule has 0 radical (unpaired) electrons.